The van der Waals surface area contributed by atoms with E-state index in [9.17, 15) is 4.79 Å². The van der Waals surface area contributed by atoms with Crippen molar-refractivity contribution in [1.29, 1.82) is 0 Å². The second-order valence-corrected chi connectivity index (χ2v) is 2.43. The van der Waals surface area contributed by atoms with Crippen LogP contribution in [0.1, 0.15) is 6.92 Å². The van der Waals surface area contributed by atoms with Crippen molar-refractivity contribution in [3.63, 3.8) is 0 Å². The molecule has 0 unspecified atom stereocenters. The van der Waals surface area contributed by atoms with Crippen molar-refractivity contribution in [3.8, 4) is 5.75 Å². The summed E-state index contributed by atoms with van der Waals surface area (Å²) in [6.45, 7) is 2.32. The molecule has 0 spiro atoms. The van der Waals surface area contributed by atoms with E-state index in [1.165, 1.54) is 22.9 Å². The van der Waals surface area contributed by atoms with Gasteiger partial charge < -0.3 is 19.3 Å². The average molecular weight is 183 g/mol. The standard InChI is InChI=1S/C7H10BNO4/c1-2-9-5-6(13-8(11)12)3-4-7(9)10/h3-5,11-12H,2H2,1H3. The van der Waals surface area contributed by atoms with Gasteiger partial charge in [-0.15, -0.1) is 0 Å². The highest BCUT2D eigenvalue weighted by Gasteiger charge is 2.11. The molecule has 0 radical (unpaired) electrons. The van der Waals surface area contributed by atoms with Gasteiger partial charge in [-0.1, -0.05) is 0 Å². The zero-order valence-electron chi connectivity index (χ0n) is 7.17. The molecule has 0 bridgehead atoms. The van der Waals surface area contributed by atoms with E-state index in [1.807, 2.05) is 0 Å². The molecular formula is C7H10BNO4. The maximum Gasteiger partial charge on any atom is 0.707 e. The molecule has 0 saturated heterocycles. The summed E-state index contributed by atoms with van der Waals surface area (Å²) in [4.78, 5) is 11.1. The fourth-order valence-electron chi connectivity index (χ4n) is 0.948. The average Bonchev–Trinajstić information content (AvgIpc) is 2.07. The lowest BCUT2D eigenvalue weighted by Gasteiger charge is -2.06. The summed E-state index contributed by atoms with van der Waals surface area (Å²) in [5.74, 6) is 0.247. The highest BCUT2D eigenvalue weighted by atomic mass is 16.6. The molecule has 0 aromatic carbocycles. The Bertz CT molecular complexity index is 336. The van der Waals surface area contributed by atoms with Gasteiger partial charge in [-0.05, 0) is 13.0 Å². The lowest BCUT2D eigenvalue weighted by Crippen LogP contribution is -2.23. The summed E-state index contributed by atoms with van der Waals surface area (Å²) in [6, 6.07) is 2.69. The van der Waals surface area contributed by atoms with Crippen LogP contribution < -0.4 is 10.2 Å². The first kappa shape index (κ1) is 9.82. The van der Waals surface area contributed by atoms with Gasteiger partial charge in [0.15, 0.2) is 0 Å². The molecule has 0 atom stereocenters. The van der Waals surface area contributed by atoms with E-state index >= 15 is 0 Å². The molecule has 2 N–H and O–H groups in total. The van der Waals surface area contributed by atoms with Gasteiger partial charge in [-0.3, -0.25) is 4.79 Å². The SMILES string of the molecule is CCn1cc(OB(O)O)ccc1=O. The second kappa shape index (κ2) is 4.11. The fraction of sp³-hybridized carbons (Fsp3) is 0.286. The van der Waals surface area contributed by atoms with Crippen molar-refractivity contribution in [2.24, 2.45) is 0 Å². The molecular weight excluding hydrogens is 173 g/mol. The number of hydrogen-bond donors (Lipinski definition) is 2. The monoisotopic (exact) mass is 183 g/mol. The van der Waals surface area contributed by atoms with Crippen molar-refractivity contribution in [1.82, 2.24) is 4.57 Å². The Kier molecular flexibility index (Phi) is 3.10. The molecule has 70 valence electrons. The third kappa shape index (κ3) is 2.60. The van der Waals surface area contributed by atoms with E-state index in [1.54, 1.807) is 6.92 Å². The smallest absolute Gasteiger partial charge is 0.511 e. The van der Waals surface area contributed by atoms with Crippen LogP contribution in [0.4, 0.5) is 0 Å². The minimum Gasteiger partial charge on any atom is -0.511 e. The largest absolute Gasteiger partial charge is 0.707 e. The molecule has 0 saturated carbocycles. The van der Waals surface area contributed by atoms with Gasteiger partial charge in [0.2, 0.25) is 0 Å². The maximum absolute atomic E-state index is 11.1. The quantitative estimate of drug-likeness (QED) is 0.602. The van der Waals surface area contributed by atoms with Gasteiger partial charge in [-0.25, -0.2) is 0 Å². The Hall–Kier alpha value is -1.27. The highest BCUT2D eigenvalue weighted by molar-refractivity contribution is 6.33. The molecule has 5 nitrogen and oxygen atoms in total. The zero-order valence-corrected chi connectivity index (χ0v) is 7.17. The van der Waals surface area contributed by atoms with Crippen LogP contribution >= 0.6 is 0 Å². The van der Waals surface area contributed by atoms with E-state index < -0.39 is 7.32 Å². The topological polar surface area (TPSA) is 71.7 Å². The predicted molar refractivity (Wildman–Crippen MR) is 47.2 cm³/mol. The molecule has 0 aliphatic heterocycles. The van der Waals surface area contributed by atoms with E-state index in [0.29, 0.717) is 6.54 Å². The molecule has 0 aliphatic carbocycles. The number of rotatable bonds is 3. The van der Waals surface area contributed by atoms with Gasteiger partial charge in [0, 0.05) is 18.8 Å². The Balaban J connectivity index is 2.93. The second-order valence-electron chi connectivity index (χ2n) is 2.43. The maximum atomic E-state index is 11.1. The third-order valence-corrected chi connectivity index (χ3v) is 1.54. The van der Waals surface area contributed by atoms with Crippen molar-refractivity contribution >= 4 is 7.32 Å². The molecule has 0 aliphatic rings. The lowest BCUT2D eigenvalue weighted by molar-refractivity contribution is 0.287. The number of nitrogens with zero attached hydrogens (tertiary/aromatic N) is 1. The minimum absolute atomic E-state index is 0.151. The summed E-state index contributed by atoms with van der Waals surface area (Å²) in [5, 5.41) is 17.0. The van der Waals surface area contributed by atoms with Gasteiger partial charge in [0.25, 0.3) is 5.56 Å². The number of aryl methyl sites for hydroxylation is 1. The van der Waals surface area contributed by atoms with Gasteiger partial charge >= 0.3 is 7.32 Å². The summed E-state index contributed by atoms with van der Waals surface area (Å²) in [6.07, 6.45) is 1.42. The number of pyridine rings is 1. The van der Waals surface area contributed by atoms with Crippen LogP contribution in [-0.2, 0) is 6.54 Å². The zero-order chi connectivity index (χ0) is 9.84. The van der Waals surface area contributed by atoms with Gasteiger partial charge in [0.05, 0.1) is 0 Å². The van der Waals surface area contributed by atoms with Crippen molar-refractivity contribution in [2.75, 3.05) is 0 Å². The summed E-state index contributed by atoms with van der Waals surface area (Å²) in [5.41, 5.74) is -0.151. The molecule has 1 heterocycles. The van der Waals surface area contributed by atoms with Crippen molar-refractivity contribution in [3.05, 3.63) is 28.7 Å². The molecule has 1 aromatic heterocycles. The van der Waals surface area contributed by atoms with E-state index in [0.717, 1.165) is 0 Å². The summed E-state index contributed by atoms with van der Waals surface area (Å²) >= 11 is 0. The van der Waals surface area contributed by atoms with Crippen LogP contribution in [0.2, 0.25) is 0 Å². The normalized spacial score (nSPS) is 9.77. The molecule has 1 aromatic rings. The van der Waals surface area contributed by atoms with Crippen molar-refractivity contribution in [2.45, 2.75) is 13.5 Å². The first-order chi connectivity index (χ1) is 6.13. The van der Waals surface area contributed by atoms with Gasteiger partial charge in [-0.2, -0.15) is 0 Å². The lowest BCUT2D eigenvalue weighted by atomic mass is 10.2. The molecule has 1 rings (SSSR count). The Morgan fingerprint density at radius 2 is 2.23 bits per heavy atom. The Morgan fingerprint density at radius 1 is 1.54 bits per heavy atom. The molecule has 0 fully saturated rings. The summed E-state index contributed by atoms with van der Waals surface area (Å²) in [7, 11) is -1.86. The Morgan fingerprint density at radius 3 is 2.77 bits per heavy atom. The minimum atomic E-state index is -1.86. The van der Waals surface area contributed by atoms with E-state index in [2.05, 4.69) is 4.65 Å². The number of hydrogen-bond acceptors (Lipinski definition) is 4. The first-order valence-electron chi connectivity index (χ1n) is 3.86. The van der Waals surface area contributed by atoms with Crippen LogP contribution in [-0.4, -0.2) is 21.9 Å². The number of aromatic nitrogens is 1. The van der Waals surface area contributed by atoms with Crippen LogP contribution in [0.25, 0.3) is 0 Å². The highest BCUT2D eigenvalue weighted by Crippen LogP contribution is 2.06. The van der Waals surface area contributed by atoms with Crippen LogP contribution in [0.3, 0.4) is 0 Å². The Labute approximate surface area is 75.4 Å². The third-order valence-electron chi connectivity index (χ3n) is 1.54. The van der Waals surface area contributed by atoms with E-state index in [-0.39, 0.29) is 11.3 Å². The molecule has 0 amide bonds. The van der Waals surface area contributed by atoms with Crippen LogP contribution in [0.5, 0.6) is 5.75 Å². The van der Waals surface area contributed by atoms with Crippen LogP contribution in [0.15, 0.2) is 23.1 Å². The molecule has 13 heavy (non-hydrogen) atoms. The van der Waals surface area contributed by atoms with Crippen LogP contribution in [0, 0.1) is 0 Å². The van der Waals surface area contributed by atoms with Gasteiger partial charge in [0.1, 0.15) is 5.75 Å². The fourth-order valence-corrected chi connectivity index (χ4v) is 0.948. The first-order valence-corrected chi connectivity index (χ1v) is 3.86. The molecule has 6 heteroatoms. The van der Waals surface area contributed by atoms with E-state index in [4.69, 9.17) is 10.0 Å². The predicted octanol–water partition coefficient (Wildman–Crippen LogP) is -0.784. The van der Waals surface area contributed by atoms with Crippen molar-refractivity contribution < 1.29 is 14.7 Å². The summed E-state index contributed by atoms with van der Waals surface area (Å²) < 4.78 is 5.96.